The molecule has 2 heterocycles. The predicted octanol–water partition coefficient (Wildman–Crippen LogP) is 2.86. The molecule has 154 valence electrons. The number of hydrogen-bond acceptors (Lipinski definition) is 6. The summed E-state index contributed by atoms with van der Waals surface area (Å²) >= 11 is 0. The lowest BCUT2D eigenvalue weighted by atomic mass is 10.2. The molecule has 0 radical (unpaired) electrons. The molecule has 0 atom stereocenters. The van der Waals surface area contributed by atoms with Gasteiger partial charge < -0.3 is 4.90 Å². The van der Waals surface area contributed by atoms with Gasteiger partial charge in [0.2, 0.25) is 10.0 Å². The van der Waals surface area contributed by atoms with E-state index in [1.807, 2.05) is 11.0 Å². The van der Waals surface area contributed by atoms with E-state index < -0.39 is 21.7 Å². The van der Waals surface area contributed by atoms with Gasteiger partial charge in [0, 0.05) is 24.5 Å². The predicted molar refractivity (Wildman–Crippen MR) is 106 cm³/mol. The maximum atomic E-state index is 13.8. The second-order valence-corrected chi connectivity index (χ2v) is 8.67. The Labute approximate surface area is 172 Å². The molecular formula is C20H17F2N5O2S. The van der Waals surface area contributed by atoms with Crippen LogP contribution in [0.1, 0.15) is 24.2 Å². The van der Waals surface area contributed by atoms with Crippen molar-refractivity contribution >= 4 is 26.7 Å². The van der Waals surface area contributed by atoms with Crippen molar-refractivity contribution in [3.8, 4) is 6.07 Å². The van der Waals surface area contributed by atoms with Crippen molar-refractivity contribution in [2.45, 2.75) is 24.3 Å². The Bertz CT molecular complexity index is 1250. The molecule has 30 heavy (non-hydrogen) atoms. The second-order valence-electron chi connectivity index (χ2n) is 6.90. The van der Waals surface area contributed by atoms with Crippen LogP contribution in [0.25, 0.3) is 10.9 Å². The molecule has 4 rings (SSSR count). The molecule has 0 saturated carbocycles. The largest absolute Gasteiger partial charge is 0.356 e. The van der Waals surface area contributed by atoms with E-state index in [-0.39, 0.29) is 22.8 Å². The van der Waals surface area contributed by atoms with Gasteiger partial charge in [-0.3, -0.25) is 0 Å². The van der Waals surface area contributed by atoms with Gasteiger partial charge in [-0.25, -0.2) is 31.9 Å². The summed E-state index contributed by atoms with van der Waals surface area (Å²) in [4.78, 5) is 10.6. The number of rotatable bonds is 5. The third-order valence-electron chi connectivity index (χ3n) is 4.88. The summed E-state index contributed by atoms with van der Waals surface area (Å²) in [6.45, 7) is 1.22. The fourth-order valence-electron chi connectivity index (χ4n) is 3.36. The number of benzene rings is 2. The van der Waals surface area contributed by atoms with E-state index in [9.17, 15) is 17.2 Å². The lowest BCUT2D eigenvalue weighted by Crippen LogP contribution is -2.26. The van der Waals surface area contributed by atoms with E-state index in [1.165, 1.54) is 24.3 Å². The van der Waals surface area contributed by atoms with Crippen molar-refractivity contribution in [1.29, 1.82) is 5.26 Å². The third kappa shape index (κ3) is 3.94. The zero-order chi connectivity index (χ0) is 21.3. The van der Waals surface area contributed by atoms with Crippen LogP contribution in [0.15, 0.2) is 41.3 Å². The van der Waals surface area contributed by atoms with Gasteiger partial charge >= 0.3 is 0 Å². The van der Waals surface area contributed by atoms with E-state index in [1.54, 1.807) is 0 Å². The molecular weight excluding hydrogens is 412 g/mol. The Morgan fingerprint density at radius 3 is 2.40 bits per heavy atom. The van der Waals surface area contributed by atoms with Crippen molar-refractivity contribution in [3.63, 3.8) is 0 Å². The number of fused-ring (bicyclic) bond motifs is 1. The normalized spacial score (nSPS) is 14.2. The molecule has 0 amide bonds. The number of hydrogen-bond donors (Lipinski definition) is 1. The first-order valence-electron chi connectivity index (χ1n) is 9.28. The maximum Gasteiger partial charge on any atom is 0.240 e. The summed E-state index contributed by atoms with van der Waals surface area (Å²) < 4.78 is 55.1. The first kappa shape index (κ1) is 20.1. The summed E-state index contributed by atoms with van der Waals surface area (Å²) in [6.07, 6.45) is 1.91. The van der Waals surface area contributed by atoms with Crippen molar-refractivity contribution in [2.24, 2.45) is 0 Å². The highest BCUT2D eigenvalue weighted by Crippen LogP contribution is 2.28. The van der Waals surface area contributed by atoms with E-state index >= 15 is 0 Å². The Morgan fingerprint density at radius 2 is 1.73 bits per heavy atom. The van der Waals surface area contributed by atoms with Gasteiger partial charge in [-0.2, -0.15) is 5.26 Å². The topological polar surface area (TPSA) is 99.0 Å². The lowest BCUT2D eigenvalue weighted by Gasteiger charge is -2.19. The van der Waals surface area contributed by atoms with Crippen LogP contribution in [-0.2, 0) is 16.6 Å². The monoisotopic (exact) mass is 429 g/mol. The van der Waals surface area contributed by atoms with E-state index in [0.29, 0.717) is 16.8 Å². The summed E-state index contributed by atoms with van der Waals surface area (Å²) in [5.41, 5.74) is 0.551. The summed E-state index contributed by atoms with van der Waals surface area (Å²) in [5, 5.41) is 9.22. The Morgan fingerprint density at radius 1 is 1.07 bits per heavy atom. The molecule has 0 spiro atoms. The standard InChI is InChI=1S/C20H17F2N5O2S/c21-16-9-15-18(10-17(16)22)25-19(26-20(15)27-7-1-2-8-27)12-24-30(28,29)14-5-3-13(11-23)4-6-14/h3-6,9-10,24H,1-2,7-8,12H2. The van der Waals surface area contributed by atoms with Crippen molar-refractivity contribution in [1.82, 2.24) is 14.7 Å². The van der Waals surface area contributed by atoms with Crippen molar-refractivity contribution in [3.05, 3.63) is 59.4 Å². The second kappa shape index (κ2) is 7.93. The van der Waals surface area contributed by atoms with Crippen molar-refractivity contribution in [2.75, 3.05) is 18.0 Å². The summed E-state index contributed by atoms with van der Waals surface area (Å²) in [6, 6.07) is 9.46. The van der Waals surface area contributed by atoms with Crippen LogP contribution >= 0.6 is 0 Å². The number of nitrogens with one attached hydrogen (secondary N) is 1. The zero-order valence-electron chi connectivity index (χ0n) is 15.8. The molecule has 1 aromatic heterocycles. The number of aromatic nitrogens is 2. The van der Waals surface area contributed by atoms with E-state index in [4.69, 9.17) is 5.26 Å². The van der Waals surface area contributed by atoms with Crippen LogP contribution in [0.4, 0.5) is 14.6 Å². The SMILES string of the molecule is N#Cc1ccc(S(=O)(=O)NCc2nc(N3CCCC3)c3cc(F)c(F)cc3n2)cc1. The molecule has 1 aliphatic rings. The highest BCUT2D eigenvalue weighted by atomic mass is 32.2. The fourth-order valence-corrected chi connectivity index (χ4v) is 4.34. The minimum atomic E-state index is -3.87. The van der Waals surface area contributed by atoms with Crippen LogP contribution in [0, 0.1) is 23.0 Å². The first-order valence-corrected chi connectivity index (χ1v) is 10.8. The van der Waals surface area contributed by atoms with Gasteiger partial charge in [0.15, 0.2) is 11.6 Å². The maximum absolute atomic E-state index is 13.8. The van der Waals surface area contributed by atoms with Gasteiger partial charge in [-0.05, 0) is 43.2 Å². The first-order chi connectivity index (χ1) is 14.4. The fraction of sp³-hybridized carbons (Fsp3) is 0.250. The molecule has 1 N–H and O–H groups in total. The average molecular weight is 429 g/mol. The molecule has 1 saturated heterocycles. The Kier molecular flexibility index (Phi) is 5.32. The molecule has 1 aliphatic heterocycles. The average Bonchev–Trinajstić information content (AvgIpc) is 3.27. The van der Waals surface area contributed by atoms with Crippen LogP contribution in [-0.4, -0.2) is 31.5 Å². The minimum Gasteiger partial charge on any atom is -0.356 e. The van der Waals surface area contributed by atoms with Gasteiger partial charge in [0.1, 0.15) is 11.6 Å². The number of nitrogens with zero attached hydrogens (tertiary/aromatic N) is 4. The highest BCUT2D eigenvalue weighted by Gasteiger charge is 2.21. The molecule has 2 aromatic carbocycles. The van der Waals surface area contributed by atoms with Crippen LogP contribution in [0.5, 0.6) is 0 Å². The number of halogens is 2. The molecule has 0 bridgehead atoms. The third-order valence-corrected chi connectivity index (χ3v) is 6.30. The minimum absolute atomic E-state index is 0.00447. The van der Waals surface area contributed by atoms with E-state index in [2.05, 4.69) is 14.7 Å². The smallest absolute Gasteiger partial charge is 0.240 e. The molecule has 0 unspecified atom stereocenters. The van der Waals surface area contributed by atoms with Crippen LogP contribution in [0.3, 0.4) is 0 Å². The van der Waals surface area contributed by atoms with Gasteiger partial charge in [0.05, 0.1) is 28.6 Å². The Hall–Kier alpha value is -3.16. The van der Waals surface area contributed by atoms with Gasteiger partial charge in [-0.15, -0.1) is 0 Å². The molecule has 3 aromatic rings. The molecule has 0 aliphatic carbocycles. The number of nitriles is 1. The number of anilines is 1. The van der Waals surface area contributed by atoms with Gasteiger partial charge in [0.25, 0.3) is 0 Å². The number of sulfonamides is 1. The quantitative estimate of drug-likeness (QED) is 0.670. The van der Waals surface area contributed by atoms with Crippen LogP contribution in [0.2, 0.25) is 0 Å². The lowest BCUT2D eigenvalue weighted by molar-refractivity contribution is 0.510. The molecule has 1 fully saturated rings. The van der Waals surface area contributed by atoms with Gasteiger partial charge in [-0.1, -0.05) is 0 Å². The highest BCUT2D eigenvalue weighted by molar-refractivity contribution is 7.89. The van der Waals surface area contributed by atoms with E-state index in [0.717, 1.165) is 38.1 Å². The molecule has 10 heteroatoms. The Balaban J connectivity index is 1.66. The molecule has 7 nitrogen and oxygen atoms in total. The summed E-state index contributed by atoms with van der Waals surface area (Å²) in [7, 11) is -3.87. The summed E-state index contributed by atoms with van der Waals surface area (Å²) in [5.74, 6) is -1.41. The van der Waals surface area contributed by atoms with Crippen molar-refractivity contribution < 1.29 is 17.2 Å². The van der Waals surface area contributed by atoms with Crippen LogP contribution < -0.4 is 9.62 Å². The zero-order valence-corrected chi connectivity index (χ0v) is 16.6.